The highest BCUT2D eigenvalue weighted by Gasteiger charge is 2.28. The zero-order chi connectivity index (χ0) is 24.5. The van der Waals surface area contributed by atoms with E-state index in [2.05, 4.69) is 19.6 Å². The van der Waals surface area contributed by atoms with E-state index in [4.69, 9.17) is 4.74 Å². The topological polar surface area (TPSA) is 108 Å². The van der Waals surface area contributed by atoms with Crippen LogP contribution in [0.2, 0.25) is 0 Å². The van der Waals surface area contributed by atoms with Gasteiger partial charge in [-0.3, -0.25) is 4.79 Å². The number of nitrogens with zero attached hydrogens (tertiary/aromatic N) is 3. The first-order valence-corrected chi connectivity index (χ1v) is 12.8. The molecule has 1 amide bonds. The molecule has 0 spiro atoms. The van der Waals surface area contributed by atoms with Crippen LogP contribution in [0.4, 0.5) is 5.95 Å². The summed E-state index contributed by atoms with van der Waals surface area (Å²) in [5.41, 5.74) is 1.53. The van der Waals surface area contributed by atoms with E-state index in [1.807, 2.05) is 24.3 Å². The molecule has 0 radical (unpaired) electrons. The van der Waals surface area contributed by atoms with Gasteiger partial charge >= 0.3 is 0 Å². The minimum absolute atomic E-state index is 0.0468. The molecule has 0 unspecified atom stereocenters. The number of hydrogen-bond donors (Lipinski definition) is 2. The molecule has 4 rings (SSSR count). The number of anilines is 1. The predicted octanol–water partition coefficient (Wildman–Crippen LogP) is 3.00. The quantitative estimate of drug-likeness (QED) is 0.575. The highest BCUT2D eigenvalue weighted by atomic mass is 32.2. The van der Waals surface area contributed by atoms with Crippen molar-refractivity contribution in [2.75, 3.05) is 38.2 Å². The number of aromatic nitrogens is 2. The SMILES string of the molecule is COc1ccc(C(=O)N2CCCN(c3nc4ccccc4[nH]3)CC2)cc1S(=O)(=O)NC(C)(C)C. The van der Waals surface area contributed by atoms with Crippen molar-refractivity contribution in [2.45, 2.75) is 37.6 Å². The smallest absolute Gasteiger partial charge is 0.253 e. The van der Waals surface area contributed by atoms with E-state index in [1.54, 1.807) is 31.7 Å². The molecule has 1 aromatic heterocycles. The largest absolute Gasteiger partial charge is 0.495 e. The number of aromatic amines is 1. The van der Waals surface area contributed by atoms with Crippen molar-refractivity contribution >= 4 is 32.9 Å². The van der Waals surface area contributed by atoms with Crippen molar-refractivity contribution in [3.8, 4) is 5.75 Å². The maximum Gasteiger partial charge on any atom is 0.253 e. The Morgan fingerprint density at radius 3 is 2.56 bits per heavy atom. The number of rotatable bonds is 5. The Morgan fingerprint density at radius 1 is 1.09 bits per heavy atom. The summed E-state index contributed by atoms with van der Waals surface area (Å²) in [6, 6.07) is 12.4. The first-order valence-electron chi connectivity index (χ1n) is 11.3. The lowest BCUT2D eigenvalue weighted by Gasteiger charge is -2.23. The summed E-state index contributed by atoms with van der Waals surface area (Å²) in [6.07, 6.45) is 0.773. The van der Waals surface area contributed by atoms with E-state index in [0.717, 1.165) is 29.9 Å². The lowest BCUT2D eigenvalue weighted by molar-refractivity contribution is 0.0766. The van der Waals surface area contributed by atoms with Gasteiger partial charge in [0.2, 0.25) is 16.0 Å². The average molecular weight is 486 g/mol. The molecule has 1 aliphatic rings. The standard InChI is InChI=1S/C24H31N5O4S/c1-24(2,3)27-34(31,32)21-16-17(10-11-20(21)33-4)22(30)28-12-7-13-29(15-14-28)23-25-18-8-5-6-9-19(18)26-23/h5-6,8-11,16,27H,7,12-15H2,1-4H3,(H,25,26). The zero-order valence-corrected chi connectivity index (χ0v) is 20.8. The van der Waals surface area contributed by atoms with Crippen molar-refractivity contribution in [1.29, 1.82) is 0 Å². The molecular weight excluding hydrogens is 454 g/mol. The van der Waals surface area contributed by atoms with Crippen LogP contribution >= 0.6 is 0 Å². The first kappa shape index (κ1) is 24.0. The highest BCUT2D eigenvalue weighted by Crippen LogP contribution is 2.27. The molecule has 1 fully saturated rings. The minimum atomic E-state index is -3.88. The summed E-state index contributed by atoms with van der Waals surface area (Å²) in [5, 5.41) is 0. The summed E-state index contributed by atoms with van der Waals surface area (Å²) < 4.78 is 33.8. The second-order valence-electron chi connectivity index (χ2n) is 9.43. The van der Waals surface area contributed by atoms with Crippen LogP contribution in [-0.2, 0) is 10.0 Å². The van der Waals surface area contributed by atoms with Crippen molar-refractivity contribution < 1.29 is 17.9 Å². The van der Waals surface area contributed by atoms with Gasteiger partial charge in [0.15, 0.2) is 0 Å². The van der Waals surface area contributed by atoms with Gasteiger partial charge in [-0.2, -0.15) is 0 Å². The van der Waals surface area contributed by atoms with Crippen molar-refractivity contribution in [3.63, 3.8) is 0 Å². The minimum Gasteiger partial charge on any atom is -0.495 e. The molecule has 1 saturated heterocycles. The third kappa shape index (κ3) is 5.18. The average Bonchev–Trinajstić information content (AvgIpc) is 3.06. The molecule has 3 aromatic rings. The van der Waals surface area contributed by atoms with E-state index in [9.17, 15) is 13.2 Å². The Bertz CT molecular complexity index is 1260. The monoisotopic (exact) mass is 485 g/mol. The Hall–Kier alpha value is -3.11. The van der Waals surface area contributed by atoms with E-state index in [-0.39, 0.29) is 16.6 Å². The molecule has 0 bridgehead atoms. The van der Waals surface area contributed by atoms with Crippen LogP contribution in [0, 0.1) is 0 Å². The van der Waals surface area contributed by atoms with Crippen molar-refractivity contribution in [2.24, 2.45) is 0 Å². The lowest BCUT2D eigenvalue weighted by Crippen LogP contribution is -2.40. The molecule has 10 heteroatoms. The second kappa shape index (κ2) is 9.27. The molecule has 2 N–H and O–H groups in total. The number of carbonyl (C=O) groups excluding carboxylic acids is 1. The maximum absolute atomic E-state index is 13.3. The van der Waals surface area contributed by atoms with Gasteiger partial charge in [-0.25, -0.2) is 18.1 Å². The Kier molecular flexibility index (Phi) is 6.55. The Morgan fingerprint density at radius 2 is 1.85 bits per heavy atom. The number of benzene rings is 2. The predicted molar refractivity (Wildman–Crippen MR) is 132 cm³/mol. The van der Waals surface area contributed by atoms with Gasteiger partial charge in [-0.05, 0) is 57.5 Å². The van der Waals surface area contributed by atoms with Gasteiger partial charge < -0.3 is 19.5 Å². The molecule has 2 heterocycles. The molecule has 182 valence electrons. The number of para-hydroxylation sites is 2. The number of carbonyl (C=O) groups is 1. The zero-order valence-electron chi connectivity index (χ0n) is 20.0. The van der Waals surface area contributed by atoms with Crippen LogP contribution in [0.1, 0.15) is 37.6 Å². The number of hydrogen-bond acceptors (Lipinski definition) is 6. The van der Waals surface area contributed by atoms with Crippen LogP contribution in [0.5, 0.6) is 5.75 Å². The fraction of sp³-hybridized carbons (Fsp3) is 0.417. The van der Waals surface area contributed by atoms with E-state index in [1.165, 1.54) is 19.2 Å². The van der Waals surface area contributed by atoms with Gasteiger partial charge in [0.1, 0.15) is 10.6 Å². The first-order chi connectivity index (χ1) is 16.1. The molecule has 9 nitrogen and oxygen atoms in total. The molecule has 1 aliphatic heterocycles. The Balaban J connectivity index is 1.53. The lowest BCUT2D eigenvalue weighted by atomic mass is 10.1. The van der Waals surface area contributed by atoms with Gasteiger partial charge in [0.05, 0.1) is 18.1 Å². The number of H-pyrrole nitrogens is 1. The summed E-state index contributed by atoms with van der Waals surface area (Å²) in [4.78, 5) is 25.2. The molecule has 0 aliphatic carbocycles. The maximum atomic E-state index is 13.3. The molecule has 0 atom stereocenters. The van der Waals surface area contributed by atoms with E-state index < -0.39 is 15.6 Å². The van der Waals surface area contributed by atoms with Gasteiger partial charge in [0.25, 0.3) is 5.91 Å². The third-order valence-electron chi connectivity index (χ3n) is 5.60. The second-order valence-corrected chi connectivity index (χ2v) is 11.1. The number of ether oxygens (including phenoxy) is 1. The van der Waals surface area contributed by atoms with Gasteiger partial charge in [0, 0.05) is 37.3 Å². The summed E-state index contributed by atoms with van der Waals surface area (Å²) in [6.45, 7) is 7.75. The number of sulfonamides is 1. The van der Waals surface area contributed by atoms with Crippen LogP contribution in [0.25, 0.3) is 11.0 Å². The number of nitrogens with one attached hydrogen (secondary N) is 2. The van der Waals surface area contributed by atoms with Crippen molar-refractivity contribution in [3.05, 3.63) is 48.0 Å². The fourth-order valence-electron chi connectivity index (χ4n) is 4.08. The Labute approximate surface area is 200 Å². The number of fused-ring (bicyclic) bond motifs is 1. The summed E-state index contributed by atoms with van der Waals surface area (Å²) >= 11 is 0. The molecule has 0 saturated carbocycles. The molecule has 2 aromatic carbocycles. The van der Waals surface area contributed by atoms with Crippen LogP contribution < -0.4 is 14.4 Å². The van der Waals surface area contributed by atoms with Crippen LogP contribution in [0.3, 0.4) is 0 Å². The number of imidazole rings is 1. The molecular formula is C24H31N5O4S. The highest BCUT2D eigenvalue weighted by molar-refractivity contribution is 7.89. The molecule has 34 heavy (non-hydrogen) atoms. The summed E-state index contributed by atoms with van der Waals surface area (Å²) in [7, 11) is -2.47. The van der Waals surface area contributed by atoms with E-state index >= 15 is 0 Å². The fourth-order valence-corrected chi connectivity index (χ4v) is 5.70. The van der Waals surface area contributed by atoms with Gasteiger partial charge in [-0.1, -0.05) is 12.1 Å². The number of amides is 1. The number of methoxy groups -OCH3 is 1. The van der Waals surface area contributed by atoms with Crippen LogP contribution in [-0.4, -0.2) is 68.0 Å². The summed E-state index contributed by atoms with van der Waals surface area (Å²) in [5.74, 6) is 0.781. The third-order valence-corrected chi connectivity index (χ3v) is 7.38. The normalized spacial score (nSPS) is 15.4. The van der Waals surface area contributed by atoms with Crippen molar-refractivity contribution in [1.82, 2.24) is 19.6 Å². The van der Waals surface area contributed by atoms with Crippen LogP contribution in [0.15, 0.2) is 47.4 Å². The van der Waals surface area contributed by atoms with Gasteiger partial charge in [-0.15, -0.1) is 0 Å². The van der Waals surface area contributed by atoms with E-state index in [0.29, 0.717) is 25.2 Å².